The van der Waals surface area contributed by atoms with Crippen LogP contribution in [0.2, 0.25) is 0 Å². The van der Waals surface area contributed by atoms with E-state index in [0.717, 1.165) is 18.8 Å². The largest absolute Gasteiger partial charge is 0.360 e. The first-order valence-electron chi connectivity index (χ1n) is 8.26. The summed E-state index contributed by atoms with van der Waals surface area (Å²) in [6.07, 6.45) is 1.51. The van der Waals surface area contributed by atoms with Gasteiger partial charge in [0.05, 0.1) is 0 Å². The van der Waals surface area contributed by atoms with Crippen molar-refractivity contribution in [2.45, 2.75) is 26.2 Å². The highest BCUT2D eigenvalue weighted by molar-refractivity contribution is 5.97. The van der Waals surface area contributed by atoms with E-state index in [1.807, 2.05) is 25.2 Å². The average Bonchev–Trinajstić information content (AvgIpc) is 2.55. The van der Waals surface area contributed by atoms with Crippen molar-refractivity contribution in [3.8, 4) is 6.07 Å². The molecule has 5 nitrogen and oxygen atoms in total. The molecule has 1 aliphatic heterocycles. The molecule has 5 heteroatoms. The molecule has 0 aromatic heterocycles. The molecule has 0 aliphatic carbocycles. The number of carbonyl (C=O) groups excluding carboxylic acids is 1. The summed E-state index contributed by atoms with van der Waals surface area (Å²) < 4.78 is 0. The maximum Gasteiger partial charge on any atom is 0.266 e. The molecule has 0 unspecified atom stereocenters. The van der Waals surface area contributed by atoms with Gasteiger partial charge in [-0.15, -0.1) is 0 Å². The zero-order valence-electron chi connectivity index (χ0n) is 15.0. The monoisotopic (exact) mass is 326 g/mol. The van der Waals surface area contributed by atoms with Crippen LogP contribution in [0.3, 0.4) is 0 Å². The number of nitrogens with zero attached hydrogens (tertiary/aromatic N) is 3. The van der Waals surface area contributed by atoms with Crippen LogP contribution in [0.15, 0.2) is 36.0 Å². The normalized spacial score (nSPS) is 16.6. The van der Waals surface area contributed by atoms with Gasteiger partial charge in [0, 0.05) is 38.1 Å². The molecule has 1 aromatic rings. The third-order valence-electron chi connectivity index (χ3n) is 4.28. The van der Waals surface area contributed by atoms with E-state index < -0.39 is 0 Å². The summed E-state index contributed by atoms with van der Waals surface area (Å²) in [6, 6.07) is 10.1. The van der Waals surface area contributed by atoms with Gasteiger partial charge in [0.2, 0.25) is 0 Å². The molecule has 0 radical (unpaired) electrons. The predicted molar refractivity (Wildman–Crippen MR) is 96.5 cm³/mol. The number of hydrogen-bond donors (Lipinski definition) is 1. The van der Waals surface area contributed by atoms with Crippen molar-refractivity contribution in [2.24, 2.45) is 0 Å². The highest BCUT2D eigenvalue weighted by Gasteiger charge is 2.22. The Kier molecular flexibility index (Phi) is 5.63. The maximum atomic E-state index is 12.4. The summed E-state index contributed by atoms with van der Waals surface area (Å²) in [6.45, 7) is 9.50. The van der Waals surface area contributed by atoms with Gasteiger partial charge < -0.3 is 15.1 Å². The molecule has 0 atom stereocenters. The molecule has 1 aliphatic rings. The molecule has 1 saturated heterocycles. The van der Waals surface area contributed by atoms with Gasteiger partial charge in [-0.1, -0.05) is 32.9 Å². The van der Waals surface area contributed by atoms with Crippen molar-refractivity contribution in [3.63, 3.8) is 0 Å². The van der Waals surface area contributed by atoms with Crippen LogP contribution in [0.25, 0.3) is 0 Å². The Morgan fingerprint density at radius 2 is 1.75 bits per heavy atom. The fraction of sp³-hybridized carbons (Fsp3) is 0.474. The first kappa shape index (κ1) is 18.0. The minimum Gasteiger partial charge on any atom is -0.360 e. The summed E-state index contributed by atoms with van der Waals surface area (Å²) in [5.74, 6) is -0.204. The Bertz CT molecular complexity index is 641. The molecule has 0 saturated carbocycles. The number of hydrogen-bond acceptors (Lipinski definition) is 4. The maximum absolute atomic E-state index is 12.4. The molecule has 0 spiro atoms. The SMILES string of the molecule is CN1CCN(C(=O)/C(C#N)=C\Nc2ccc(C(C)(C)C)cc2)CC1. The Morgan fingerprint density at radius 3 is 2.25 bits per heavy atom. The Labute approximate surface area is 144 Å². The van der Waals surface area contributed by atoms with E-state index in [1.54, 1.807) is 4.90 Å². The van der Waals surface area contributed by atoms with Crippen molar-refractivity contribution < 1.29 is 4.79 Å². The van der Waals surface area contributed by atoms with Crippen LogP contribution >= 0.6 is 0 Å². The van der Waals surface area contributed by atoms with E-state index in [2.05, 4.69) is 43.1 Å². The lowest BCUT2D eigenvalue weighted by molar-refractivity contribution is -0.128. The predicted octanol–water partition coefficient (Wildman–Crippen LogP) is 2.58. The minimum absolute atomic E-state index is 0.101. The average molecular weight is 326 g/mol. The van der Waals surface area contributed by atoms with Gasteiger partial charge in [-0.3, -0.25) is 4.79 Å². The number of piperazine rings is 1. The second-order valence-corrected chi connectivity index (χ2v) is 7.24. The number of benzene rings is 1. The molecule has 2 rings (SSSR count). The van der Waals surface area contributed by atoms with Crippen molar-refractivity contribution >= 4 is 11.6 Å². The van der Waals surface area contributed by atoms with Gasteiger partial charge in [-0.25, -0.2) is 0 Å². The first-order chi connectivity index (χ1) is 11.3. The summed E-state index contributed by atoms with van der Waals surface area (Å²) in [7, 11) is 2.03. The van der Waals surface area contributed by atoms with Crippen LogP contribution in [-0.4, -0.2) is 48.9 Å². The summed E-state index contributed by atoms with van der Waals surface area (Å²) in [4.78, 5) is 16.3. The van der Waals surface area contributed by atoms with Crippen LogP contribution < -0.4 is 5.32 Å². The van der Waals surface area contributed by atoms with E-state index in [-0.39, 0.29) is 16.9 Å². The van der Waals surface area contributed by atoms with Gasteiger partial charge in [0.1, 0.15) is 11.6 Å². The summed E-state index contributed by atoms with van der Waals surface area (Å²) in [5, 5.41) is 12.4. The van der Waals surface area contributed by atoms with Gasteiger partial charge in [0.15, 0.2) is 0 Å². The lowest BCUT2D eigenvalue weighted by Crippen LogP contribution is -2.47. The number of anilines is 1. The number of carbonyl (C=O) groups is 1. The molecule has 1 aromatic carbocycles. The fourth-order valence-corrected chi connectivity index (χ4v) is 2.54. The van der Waals surface area contributed by atoms with E-state index in [9.17, 15) is 10.1 Å². The number of nitrogens with one attached hydrogen (secondary N) is 1. The lowest BCUT2D eigenvalue weighted by Gasteiger charge is -2.32. The van der Waals surface area contributed by atoms with Crippen LogP contribution in [0.4, 0.5) is 5.69 Å². The van der Waals surface area contributed by atoms with Crippen LogP contribution in [-0.2, 0) is 10.2 Å². The van der Waals surface area contributed by atoms with Crippen molar-refractivity contribution in [2.75, 3.05) is 38.5 Å². The Morgan fingerprint density at radius 1 is 1.17 bits per heavy atom. The molecule has 1 fully saturated rings. The van der Waals surface area contributed by atoms with E-state index in [0.29, 0.717) is 13.1 Å². The molecule has 0 bridgehead atoms. The molecule has 128 valence electrons. The second-order valence-electron chi connectivity index (χ2n) is 7.24. The number of likely N-dealkylation sites (N-methyl/N-ethyl adjacent to an activating group) is 1. The van der Waals surface area contributed by atoms with Gasteiger partial charge in [-0.05, 0) is 30.2 Å². The molecule has 1 N–H and O–H groups in total. The molecular formula is C19H26N4O. The quantitative estimate of drug-likeness (QED) is 0.685. The second kappa shape index (κ2) is 7.50. The topological polar surface area (TPSA) is 59.4 Å². The van der Waals surface area contributed by atoms with Crippen molar-refractivity contribution in [1.29, 1.82) is 5.26 Å². The molecule has 1 heterocycles. The lowest BCUT2D eigenvalue weighted by atomic mass is 9.87. The standard InChI is InChI=1S/C19H26N4O/c1-19(2,3)16-5-7-17(8-6-16)21-14-15(13-20)18(24)23-11-9-22(4)10-12-23/h5-8,14,21H,9-12H2,1-4H3/b15-14-. The molecule has 24 heavy (non-hydrogen) atoms. The van der Waals surface area contributed by atoms with Crippen LogP contribution in [0, 0.1) is 11.3 Å². The number of amides is 1. The zero-order valence-corrected chi connectivity index (χ0v) is 15.0. The van der Waals surface area contributed by atoms with E-state index >= 15 is 0 Å². The number of nitriles is 1. The number of rotatable bonds is 3. The first-order valence-corrected chi connectivity index (χ1v) is 8.26. The van der Waals surface area contributed by atoms with E-state index in [1.165, 1.54) is 11.8 Å². The molecular weight excluding hydrogens is 300 g/mol. The van der Waals surface area contributed by atoms with Gasteiger partial charge in [0.25, 0.3) is 5.91 Å². The van der Waals surface area contributed by atoms with Crippen molar-refractivity contribution in [3.05, 3.63) is 41.6 Å². The fourth-order valence-electron chi connectivity index (χ4n) is 2.54. The minimum atomic E-state index is -0.204. The van der Waals surface area contributed by atoms with Crippen LogP contribution in [0.5, 0.6) is 0 Å². The van der Waals surface area contributed by atoms with E-state index in [4.69, 9.17) is 0 Å². The van der Waals surface area contributed by atoms with Crippen molar-refractivity contribution in [1.82, 2.24) is 9.80 Å². The molecule has 1 amide bonds. The zero-order chi connectivity index (χ0) is 17.7. The highest BCUT2D eigenvalue weighted by atomic mass is 16.2. The third kappa shape index (κ3) is 4.59. The van der Waals surface area contributed by atoms with Gasteiger partial charge in [-0.2, -0.15) is 5.26 Å². The van der Waals surface area contributed by atoms with Crippen LogP contribution in [0.1, 0.15) is 26.3 Å². The summed E-state index contributed by atoms with van der Waals surface area (Å²) in [5.41, 5.74) is 2.34. The Hall–Kier alpha value is -2.32. The Balaban J connectivity index is 2.03. The summed E-state index contributed by atoms with van der Waals surface area (Å²) >= 11 is 0. The smallest absolute Gasteiger partial charge is 0.266 e. The highest BCUT2D eigenvalue weighted by Crippen LogP contribution is 2.23. The third-order valence-corrected chi connectivity index (χ3v) is 4.28. The van der Waals surface area contributed by atoms with Gasteiger partial charge >= 0.3 is 0 Å².